The first kappa shape index (κ1) is 33.9. The van der Waals surface area contributed by atoms with Crippen molar-refractivity contribution in [2.75, 3.05) is 0 Å². The van der Waals surface area contributed by atoms with Gasteiger partial charge in [0.05, 0.1) is 17.1 Å². The van der Waals surface area contributed by atoms with Crippen molar-refractivity contribution in [3.63, 3.8) is 0 Å². The van der Waals surface area contributed by atoms with Crippen LogP contribution in [0, 0.1) is 39.9 Å². The number of carbonyl (C=O) groups is 3. The van der Waals surface area contributed by atoms with E-state index in [2.05, 4.69) is 44.6 Å². The van der Waals surface area contributed by atoms with Crippen LogP contribution >= 0.6 is 11.3 Å². The Kier molecular flexibility index (Phi) is 9.49. The first-order valence-electron chi connectivity index (χ1n) is 16.7. The van der Waals surface area contributed by atoms with E-state index in [1.54, 1.807) is 17.5 Å². The third-order valence-electron chi connectivity index (χ3n) is 12.6. The van der Waals surface area contributed by atoms with Gasteiger partial charge in [0.25, 0.3) is 11.8 Å². The lowest BCUT2D eigenvalue weighted by Crippen LogP contribution is -2.65. The fourth-order valence-electron chi connectivity index (χ4n) is 10.5. The van der Waals surface area contributed by atoms with Crippen LogP contribution in [0.5, 0.6) is 0 Å². The summed E-state index contributed by atoms with van der Waals surface area (Å²) in [5, 5.41) is 24.7. The summed E-state index contributed by atoms with van der Waals surface area (Å²) >= 11 is 1.29. The molecule has 0 radical (unpaired) electrons. The van der Waals surface area contributed by atoms with Gasteiger partial charge in [-0.1, -0.05) is 45.4 Å². The molecule has 5 rings (SSSR count). The van der Waals surface area contributed by atoms with Gasteiger partial charge in [-0.05, 0) is 122 Å². The number of aliphatic hydroxyl groups is 2. The number of carbonyl (C=O) groups excluding carboxylic acids is 3. The number of nitrogens with one attached hydrogen (secondary N) is 2. The number of amides is 2. The minimum atomic E-state index is -0.602. The summed E-state index contributed by atoms with van der Waals surface area (Å²) in [5.41, 5.74) is 6.92. The average Bonchev–Trinajstić information content (AvgIpc) is 3.59. The molecule has 2 amide bonds. The highest BCUT2D eigenvalue weighted by Gasteiger charge is 2.70. The Hall–Kier alpha value is -2.49. The molecule has 45 heavy (non-hydrogen) atoms. The maximum atomic E-state index is 14.0. The van der Waals surface area contributed by atoms with E-state index in [1.165, 1.54) is 18.3 Å². The largest absolute Gasteiger partial charge is 0.458 e. The summed E-state index contributed by atoms with van der Waals surface area (Å²) in [4.78, 5) is 39.8. The second-order valence-electron chi connectivity index (χ2n) is 15.2. The van der Waals surface area contributed by atoms with Crippen molar-refractivity contribution in [2.45, 2.75) is 118 Å². The highest BCUT2D eigenvalue weighted by atomic mass is 32.1. The summed E-state index contributed by atoms with van der Waals surface area (Å²) in [5.74, 6) is -0.856. The number of thiophene rings is 1. The molecule has 0 aromatic carbocycles. The van der Waals surface area contributed by atoms with Crippen molar-refractivity contribution < 1.29 is 29.3 Å². The molecular weight excluding hydrogens is 588 g/mol. The summed E-state index contributed by atoms with van der Waals surface area (Å²) in [6, 6.07) is 3.48. The van der Waals surface area contributed by atoms with E-state index in [4.69, 9.17) is 4.74 Å². The molecule has 4 aliphatic rings. The van der Waals surface area contributed by atoms with Crippen LogP contribution in [0.25, 0.3) is 0 Å². The second-order valence-corrected chi connectivity index (χ2v) is 16.2. The number of esters is 1. The molecule has 10 atom stereocenters. The average molecular weight is 641 g/mol. The molecule has 1 heterocycles. The third-order valence-corrected chi connectivity index (χ3v) is 13.5. The van der Waals surface area contributed by atoms with E-state index >= 15 is 0 Å². The van der Waals surface area contributed by atoms with Gasteiger partial charge in [0, 0.05) is 12.5 Å². The van der Waals surface area contributed by atoms with Gasteiger partial charge < -0.3 is 14.9 Å². The molecule has 1 aromatic rings. The van der Waals surface area contributed by atoms with Gasteiger partial charge in [0.1, 0.15) is 6.10 Å². The molecule has 4 N–H and O–H groups in total. The van der Waals surface area contributed by atoms with Gasteiger partial charge >= 0.3 is 5.97 Å². The van der Waals surface area contributed by atoms with Crippen molar-refractivity contribution >= 4 is 29.1 Å². The van der Waals surface area contributed by atoms with Crippen LogP contribution in [0.3, 0.4) is 0 Å². The zero-order chi connectivity index (χ0) is 32.9. The van der Waals surface area contributed by atoms with E-state index in [0.717, 1.165) is 36.8 Å². The van der Waals surface area contributed by atoms with Crippen LogP contribution in [0.1, 0.15) is 110 Å². The lowest BCUT2D eigenvalue weighted by Gasteiger charge is -2.69. The van der Waals surface area contributed by atoms with Crippen molar-refractivity contribution in [1.29, 1.82) is 0 Å². The molecule has 1 unspecified atom stereocenters. The molecule has 1 aromatic heterocycles. The van der Waals surface area contributed by atoms with Crippen molar-refractivity contribution in [3.8, 4) is 0 Å². The molecule has 0 saturated heterocycles. The topological polar surface area (TPSA) is 125 Å². The number of hydrogen-bond acceptors (Lipinski definition) is 7. The molecule has 4 saturated carbocycles. The fraction of sp³-hybridized carbons (Fsp3) is 0.694. The fourth-order valence-corrected chi connectivity index (χ4v) is 11.1. The zero-order valence-corrected chi connectivity index (χ0v) is 28.8. The normalized spacial score (nSPS) is 39.9. The Morgan fingerprint density at radius 1 is 1.04 bits per heavy atom. The van der Waals surface area contributed by atoms with E-state index < -0.39 is 24.1 Å². The lowest BCUT2D eigenvalue weighted by molar-refractivity contribution is -0.234. The number of rotatable bonds is 6. The van der Waals surface area contributed by atoms with Crippen LogP contribution in [-0.2, 0) is 14.3 Å². The Bertz CT molecular complexity index is 1370. The standard InChI is InChI=1S/C36H52N2O6S/c1-20(2)10-8-11-23(32(42)37-38-33(43)29-12-9-17-45-29)30-25-18-27(41)31-34(5)15-14-26(40)21(3)24(34)13-16-35(31,6)36(25,7)19-28(30)44-22(4)39/h9-10,12,17,21,24-28,31,40-41H,8,11,13-16,18-19H2,1-7H3,(H,37,42)(H,38,43)/b30-23-/t21-,24-,25-,26+,27+,28-,31?,34-,35-,36-/m0/s1. The summed E-state index contributed by atoms with van der Waals surface area (Å²) in [6.07, 6.45) is 6.13. The van der Waals surface area contributed by atoms with Crippen molar-refractivity contribution in [3.05, 3.63) is 45.2 Å². The molecule has 0 spiro atoms. The van der Waals surface area contributed by atoms with Gasteiger partial charge in [0.2, 0.25) is 0 Å². The molecule has 9 heteroatoms. The third kappa shape index (κ3) is 5.82. The number of hydrogen-bond donors (Lipinski definition) is 4. The Morgan fingerprint density at radius 2 is 1.78 bits per heavy atom. The van der Waals surface area contributed by atoms with E-state index in [1.807, 2.05) is 13.8 Å². The van der Waals surface area contributed by atoms with Crippen LogP contribution in [0.15, 0.2) is 40.3 Å². The number of allylic oxidation sites excluding steroid dienone is 2. The van der Waals surface area contributed by atoms with Gasteiger partial charge in [-0.15, -0.1) is 11.3 Å². The van der Waals surface area contributed by atoms with Crippen molar-refractivity contribution in [2.24, 2.45) is 39.9 Å². The minimum absolute atomic E-state index is 0.0188. The smallest absolute Gasteiger partial charge is 0.303 e. The molecule has 0 bridgehead atoms. The van der Waals surface area contributed by atoms with E-state index in [-0.39, 0.29) is 46.0 Å². The quantitative estimate of drug-likeness (QED) is 0.129. The lowest BCUT2D eigenvalue weighted by atomic mass is 9.36. The molecule has 4 aliphatic carbocycles. The van der Waals surface area contributed by atoms with Crippen molar-refractivity contribution in [1.82, 2.24) is 10.9 Å². The summed E-state index contributed by atoms with van der Waals surface area (Å²) < 4.78 is 6.05. The van der Waals surface area contributed by atoms with Crippen LogP contribution in [0.2, 0.25) is 0 Å². The van der Waals surface area contributed by atoms with Crippen LogP contribution in [0.4, 0.5) is 0 Å². The molecule has 0 aliphatic heterocycles. The second kappa shape index (κ2) is 12.6. The Labute approximate surface area is 272 Å². The highest BCUT2D eigenvalue weighted by molar-refractivity contribution is 7.12. The van der Waals surface area contributed by atoms with E-state index in [0.29, 0.717) is 42.1 Å². The predicted molar refractivity (Wildman–Crippen MR) is 175 cm³/mol. The summed E-state index contributed by atoms with van der Waals surface area (Å²) in [6.45, 7) is 14.5. The number of aliphatic hydroxyl groups excluding tert-OH is 2. The van der Waals surface area contributed by atoms with Crippen LogP contribution in [-0.4, -0.2) is 46.3 Å². The molecular formula is C36H52N2O6S. The zero-order valence-electron chi connectivity index (χ0n) is 27.9. The minimum Gasteiger partial charge on any atom is -0.458 e. The van der Waals surface area contributed by atoms with Gasteiger partial charge in [-0.3, -0.25) is 25.2 Å². The first-order valence-corrected chi connectivity index (χ1v) is 17.6. The first-order chi connectivity index (χ1) is 21.1. The molecule has 8 nitrogen and oxygen atoms in total. The highest BCUT2D eigenvalue weighted by Crippen LogP contribution is 2.74. The van der Waals surface area contributed by atoms with Gasteiger partial charge in [-0.2, -0.15) is 0 Å². The number of hydrazine groups is 1. The number of fused-ring (bicyclic) bond motifs is 5. The van der Waals surface area contributed by atoms with Gasteiger partial charge in [0.15, 0.2) is 0 Å². The van der Waals surface area contributed by atoms with E-state index in [9.17, 15) is 24.6 Å². The Morgan fingerprint density at radius 3 is 2.42 bits per heavy atom. The number of ether oxygens (including phenoxy) is 1. The maximum Gasteiger partial charge on any atom is 0.303 e. The summed E-state index contributed by atoms with van der Waals surface area (Å²) in [7, 11) is 0. The SMILES string of the molecule is CC(=O)O[C@H]1C[C@@]2(C)[C@@H](C[C@@H](O)C3[C@]2(C)CC[C@H]2[C@H](C)[C@H](O)CC[C@]32C)/C1=C(\CCC=C(C)C)C(=O)NNC(=O)c1cccs1. The maximum absolute atomic E-state index is 14.0. The monoisotopic (exact) mass is 640 g/mol. The molecule has 4 fully saturated rings. The van der Waals surface area contributed by atoms with Crippen LogP contribution < -0.4 is 10.9 Å². The Balaban J connectivity index is 1.57. The van der Waals surface area contributed by atoms with Gasteiger partial charge in [-0.25, -0.2) is 0 Å². The predicted octanol–water partition coefficient (Wildman–Crippen LogP) is 6.10. The molecule has 248 valence electrons.